The first-order valence-electron chi connectivity index (χ1n) is 8.75. The highest BCUT2D eigenvalue weighted by Gasteiger charge is 2.17. The van der Waals surface area contributed by atoms with Crippen LogP contribution in [0.2, 0.25) is 0 Å². The van der Waals surface area contributed by atoms with Gasteiger partial charge in [-0.05, 0) is 36.6 Å². The minimum atomic E-state index is -0.333. The summed E-state index contributed by atoms with van der Waals surface area (Å²) in [5, 5.41) is 7.20. The number of carbonyl (C=O) groups is 1. The Balaban J connectivity index is 1.72. The van der Waals surface area contributed by atoms with Crippen LogP contribution in [0.1, 0.15) is 54.6 Å². The van der Waals surface area contributed by atoms with Gasteiger partial charge in [-0.2, -0.15) is 5.10 Å². The zero-order valence-electron chi connectivity index (χ0n) is 14.1. The molecule has 6 heteroatoms. The van der Waals surface area contributed by atoms with E-state index in [0.717, 1.165) is 31.2 Å². The number of nitrogens with zero attached hydrogens (tertiary/aromatic N) is 2. The minimum Gasteiger partial charge on any atom is -0.348 e. The summed E-state index contributed by atoms with van der Waals surface area (Å²) in [6, 6.07) is 8.85. The SMILES string of the molecule is O=C(NC1CCCCCC1)c1ccc(=O)n(Cc2ccc(F)cc2)n1. The summed E-state index contributed by atoms with van der Waals surface area (Å²) in [6.07, 6.45) is 6.66. The van der Waals surface area contributed by atoms with E-state index in [2.05, 4.69) is 10.4 Å². The smallest absolute Gasteiger partial charge is 0.271 e. The van der Waals surface area contributed by atoms with Crippen molar-refractivity contribution in [2.75, 3.05) is 0 Å². The van der Waals surface area contributed by atoms with Crippen LogP contribution in [0.15, 0.2) is 41.2 Å². The maximum atomic E-state index is 13.0. The van der Waals surface area contributed by atoms with E-state index in [9.17, 15) is 14.0 Å². The van der Waals surface area contributed by atoms with E-state index in [1.54, 1.807) is 12.1 Å². The number of benzene rings is 1. The Labute approximate surface area is 145 Å². The van der Waals surface area contributed by atoms with Crippen molar-refractivity contribution < 1.29 is 9.18 Å². The van der Waals surface area contributed by atoms with Crippen molar-refractivity contribution in [2.24, 2.45) is 0 Å². The molecule has 3 rings (SSSR count). The number of amides is 1. The molecule has 1 heterocycles. The predicted octanol–water partition coefficient (Wildman–Crippen LogP) is 2.88. The predicted molar refractivity (Wildman–Crippen MR) is 93.0 cm³/mol. The summed E-state index contributed by atoms with van der Waals surface area (Å²) in [5.74, 6) is -0.583. The Morgan fingerprint density at radius 1 is 1.08 bits per heavy atom. The fourth-order valence-electron chi connectivity index (χ4n) is 3.13. The summed E-state index contributed by atoms with van der Waals surface area (Å²) in [7, 11) is 0. The molecular weight excluding hydrogens is 321 g/mol. The lowest BCUT2D eigenvalue weighted by atomic mass is 10.1. The molecule has 1 fully saturated rings. The number of carbonyl (C=O) groups excluding carboxylic acids is 1. The van der Waals surface area contributed by atoms with Gasteiger partial charge in [-0.1, -0.05) is 37.8 Å². The molecule has 1 aliphatic rings. The minimum absolute atomic E-state index is 0.175. The van der Waals surface area contributed by atoms with E-state index < -0.39 is 0 Å². The number of hydrogen-bond donors (Lipinski definition) is 1. The van der Waals surface area contributed by atoms with Gasteiger partial charge in [0.2, 0.25) is 0 Å². The standard InChI is InChI=1S/C19H22FN3O2/c20-15-9-7-14(8-10-15)13-23-18(24)12-11-17(22-23)19(25)21-16-5-3-1-2-4-6-16/h7-12,16H,1-6,13H2,(H,21,25). The first kappa shape index (κ1) is 17.3. The average Bonchev–Trinajstić information content (AvgIpc) is 2.87. The zero-order valence-corrected chi connectivity index (χ0v) is 14.1. The van der Waals surface area contributed by atoms with Gasteiger partial charge < -0.3 is 5.32 Å². The molecule has 1 aliphatic carbocycles. The fraction of sp³-hybridized carbons (Fsp3) is 0.421. The van der Waals surface area contributed by atoms with Crippen LogP contribution in [-0.4, -0.2) is 21.7 Å². The van der Waals surface area contributed by atoms with Gasteiger partial charge in [-0.25, -0.2) is 9.07 Å². The van der Waals surface area contributed by atoms with Crippen molar-refractivity contribution in [3.05, 3.63) is 63.8 Å². The quantitative estimate of drug-likeness (QED) is 0.868. The Kier molecular flexibility index (Phi) is 5.58. The lowest BCUT2D eigenvalue weighted by Gasteiger charge is -2.16. The van der Waals surface area contributed by atoms with E-state index in [4.69, 9.17) is 0 Å². The first-order valence-corrected chi connectivity index (χ1v) is 8.75. The zero-order chi connectivity index (χ0) is 17.6. The van der Waals surface area contributed by atoms with Crippen LogP contribution < -0.4 is 10.9 Å². The Morgan fingerprint density at radius 2 is 1.76 bits per heavy atom. The van der Waals surface area contributed by atoms with Crippen molar-refractivity contribution >= 4 is 5.91 Å². The maximum absolute atomic E-state index is 13.0. The van der Waals surface area contributed by atoms with Crippen molar-refractivity contribution in [1.29, 1.82) is 0 Å². The van der Waals surface area contributed by atoms with Gasteiger partial charge in [-0.15, -0.1) is 0 Å². The van der Waals surface area contributed by atoms with E-state index in [1.807, 2.05) is 0 Å². The number of aromatic nitrogens is 2. The number of hydrogen-bond acceptors (Lipinski definition) is 3. The third kappa shape index (κ3) is 4.75. The molecular formula is C19H22FN3O2. The molecule has 1 saturated carbocycles. The average molecular weight is 343 g/mol. The van der Waals surface area contributed by atoms with Gasteiger partial charge >= 0.3 is 0 Å². The molecule has 0 bridgehead atoms. The highest BCUT2D eigenvalue weighted by Crippen LogP contribution is 2.17. The van der Waals surface area contributed by atoms with Crippen LogP contribution in [-0.2, 0) is 6.54 Å². The van der Waals surface area contributed by atoms with Gasteiger partial charge in [0.05, 0.1) is 6.54 Å². The van der Waals surface area contributed by atoms with Crippen LogP contribution in [0.25, 0.3) is 0 Å². The molecule has 0 unspecified atom stereocenters. The Morgan fingerprint density at radius 3 is 2.44 bits per heavy atom. The molecule has 0 atom stereocenters. The summed E-state index contributed by atoms with van der Waals surface area (Å²) in [4.78, 5) is 24.4. The third-order valence-electron chi connectivity index (χ3n) is 4.54. The van der Waals surface area contributed by atoms with Crippen molar-refractivity contribution in [1.82, 2.24) is 15.1 Å². The number of nitrogens with one attached hydrogen (secondary N) is 1. The van der Waals surface area contributed by atoms with Gasteiger partial charge in [0, 0.05) is 12.1 Å². The van der Waals surface area contributed by atoms with Crippen molar-refractivity contribution in [2.45, 2.75) is 51.1 Å². The number of rotatable bonds is 4. The molecule has 1 aromatic heterocycles. The molecule has 0 saturated heterocycles. The molecule has 0 spiro atoms. The molecule has 1 aromatic carbocycles. The second kappa shape index (κ2) is 8.05. The largest absolute Gasteiger partial charge is 0.348 e. The van der Waals surface area contributed by atoms with Crippen LogP contribution in [0.4, 0.5) is 4.39 Å². The van der Waals surface area contributed by atoms with Gasteiger partial charge in [0.1, 0.15) is 11.5 Å². The third-order valence-corrected chi connectivity index (χ3v) is 4.54. The molecule has 25 heavy (non-hydrogen) atoms. The normalized spacial score (nSPS) is 15.6. The first-order chi connectivity index (χ1) is 12.1. The molecule has 132 valence electrons. The summed E-state index contributed by atoms with van der Waals surface area (Å²) in [5.41, 5.74) is 0.679. The second-order valence-corrected chi connectivity index (χ2v) is 6.50. The molecule has 2 aromatic rings. The van der Waals surface area contributed by atoms with E-state index in [0.29, 0.717) is 0 Å². The lowest BCUT2D eigenvalue weighted by molar-refractivity contribution is 0.0925. The van der Waals surface area contributed by atoms with E-state index in [1.165, 1.54) is 41.8 Å². The van der Waals surface area contributed by atoms with Gasteiger partial charge in [0.15, 0.2) is 0 Å². The molecule has 5 nitrogen and oxygen atoms in total. The van der Waals surface area contributed by atoms with Crippen molar-refractivity contribution in [3.8, 4) is 0 Å². The highest BCUT2D eigenvalue weighted by atomic mass is 19.1. The fourth-order valence-corrected chi connectivity index (χ4v) is 3.13. The molecule has 0 radical (unpaired) electrons. The summed E-state index contributed by atoms with van der Waals surface area (Å²) < 4.78 is 14.2. The maximum Gasteiger partial charge on any atom is 0.271 e. The lowest BCUT2D eigenvalue weighted by Crippen LogP contribution is -2.36. The molecule has 1 N–H and O–H groups in total. The van der Waals surface area contributed by atoms with E-state index in [-0.39, 0.29) is 35.6 Å². The summed E-state index contributed by atoms with van der Waals surface area (Å²) in [6.45, 7) is 0.198. The highest BCUT2D eigenvalue weighted by molar-refractivity contribution is 5.92. The topological polar surface area (TPSA) is 64.0 Å². The Hall–Kier alpha value is -2.50. The van der Waals surface area contributed by atoms with Crippen LogP contribution in [0.5, 0.6) is 0 Å². The van der Waals surface area contributed by atoms with Gasteiger partial charge in [-0.3, -0.25) is 9.59 Å². The van der Waals surface area contributed by atoms with Crippen LogP contribution in [0, 0.1) is 5.82 Å². The molecule has 0 aliphatic heterocycles. The molecule has 1 amide bonds. The monoisotopic (exact) mass is 343 g/mol. The van der Waals surface area contributed by atoms with Crippen molar-refractivity contribution in [3.63, 3.8) is 0 Å². The van der Waals surface area contributed by atoms with E-state index >= 15 is 0 Å². The van der Waals surface area contributed by atoms with Gasteiger partial charge in [0.25, 0.3) is 11.5 Å². The Bertz CT molecular complexity index is 778. The van der Waals surface area contributed by atoms with Crippen LogP contribution in [0.3, 0.4) is 0 Å². The summed E-state index contributed by atoms with van der Waals surface area (Å²) >= 11 is 0. The van der Waals surface area contributed by atoms with Crippen LogP contribution >= 0.6 is 0 Å². The number of halogens is 1. The second-order valence-electron chi connectivity index (χ2n) is 6.50.